The molecule has 2 N–H and O–H groups in total. The van der Waals surface area contributed by atoms with Gasteiger partial charge in [-0.1, -0.05) is 30.3 Å². The van der Waals surface area contributed by atoms with E-state index in [4.69, 9.17) is 14.2 Å². The second-order valence-corrected chi connectivity index (χ2v) is 7.96. The molecule has 0 heterocycles. The van der Waals surface area contributed by atoms with Gasteiger partial charge in [0.05, 0.1) is 13.2 Å². The normalized spacial score (nSPS) is 10.3. The first-order chi connectivity index (χ1) is 17.4. The van der Waals surface area contributed by atoms with E-state index in [1.165, 1.54) is 12.1 Å². The Morgan fingerprint density at radius 1 is 0.917 bits per heavy atom. The van der Waals surface area contributed by atoms with E-state index in [0.717, 1.165) is 16.9 Å². The molecule has 2 amide bonds. The van der Waals surface area contributed by atoms with Crippen molar-refractivity contribution in [1.82, 2.24) is 5.32 Å². The third-order valence-electron chi connectivity index (χ3n) is 5.15. The number of carbonyl (C=O) groups is 3. The molecule has 188 valence electrons. The van der Waals surface area contributed by atoms with Crippen LogP contribution in [0.25, 0.3) is 0 Å². The summed E-state index contributed by atoms with van der Waals surface area (Å²) >= 11 is 0. The van der Waals surface area contributed by atoms with Gasteiger partial charge in [-0.2, -0.15) is 0 Å². The van der Waals surface area contributed by atoms with Crippen LogP contribution in [0.5, 0.6) is 11.5 Å². The molecule has 3 aromatic carbocycles. The molecule has 0 fully saturated rings. The molecular weight excluding hydrogens is 460 g/mol. The van der Waals surface area contributed by atoms with Crippen molar-refractivity contribution in [1.29, 1.82) is 0 Å². The van der Waals surface area contributed by atoms with Crippen molar-refractivity contribution in [2.24, 2.45) is 0 Å². The molecule has 0 saturated heterocycles. The van der Waals surface area contributed by atoms with Crippen molar-refractivity contribution in [3.63, 3.8) is 0 Å². The van der Waals surface area contributed by atoms with Crippen LogP contribution >= 0.6 is 0 Å². The summed E-state index contributed by atoms with van der Waals surface area (Å²) in [5.41, 5.74) is 2.92. The summed E-state index contributed by atoms with van der Waals surface area (Å²) in [5.74, 6) is 0.734. The number of amides is 2. The molecule has 0 unspecified atom stereocenters. The monoisotopic (exact) mass is 490 g/mol. The van der Waals surface area contributed by atoms with Crippen molar-refractivity contribution >= 4 is 23.7 Å². The number of para-hydroxylation sites is 1. The van der Waals surface area contributed by atoms with Crippen LogP contribution in [0.1, 0.15) is 41.3 Å². The third-order valence-corrected chi connectivity index (χ3v) is 5.15. The Balaban J connectivity index is 1.42. The summed E-state index contributed by atoms with van der Waals surface area (Å²) in [6, 6.07) is 21.2. The molecule has 8 nitrogen and oxygen atoms in total. The predicted molar refractivity (Wildman–Crippen MR) is 136 cm³/mol. The summed E-state index contributed by atoms with van der Waals surface area (Å²) in [7, 11) is 0. The number of aryl methyl sites for hydroxylation is 1. The first-order valence-electron chi connectivity index (χ1n) is 11.7. The van der Waals surface area contributed by atoms with E-state index in [-0.39, 0.29) is 24.2 Å². The van der Waals surface area contributed by atoms with Crippen molar-refractivity contribution in [2.45, 2.75) is 33.2 Å². The molecule has 3 aromatic rings. The van der Waals surface area contributed by atoms with Crippen LogP contribution in [-0.2, 0) is 16.1 Å². The zero-order valence-electron chi connectivity index (χ0n) is 20.4. The highest BCUT2D eigenvalue weighted by atomic mass is 16.7. The van der Waals surface area contributed by atoms with Crippen molar-refractivity contribution in [3.05, 3.63) is 89.5 Å². The largest absolute Gasteiger partial charge is 0.513 e. The fourth-order valence-electron chi connectivity index (χ4n) is 3.30. The second kappa shape index (κ2) is 13.5. The van der Waals surface area contributed by atoms with E-state index in [1.54, 1.807) is 31.2 Å². The molecule has 0 spiro atoms. The molecular formula is C28H30N2O6. The fourth-order valence-corrected chi connectivity index (χ4v) is 3.30. The van der Waals surface area contributed by atoms with Gasteiger partial charge >= 0.3 is 6.16 Å². The molecule has 36 heavy (non-hydrogen) atoms. The lowest BCUT2D eigenvalue weighted by Gasteiger charge is -2.10. The van der Waals surface area contributed by atoms with Gasteiger partial charge in [0.25, 0.3) is 5.91 Å². The average molecular weight is 491 g/mol. The molecule has 0 bridgehead atoms. The lowest BCUT2D eigenvalue weighted by atomic mass is 10.1. The van der Waals surface area contributed by atoms with E-state index in [0.29, 0.717) is 37.2 Å². The van der Waals surface area contributed by atoms with Gasteiger partial charge in [0.15, 0.2) is 0 Å². The number of ether oxygens (including phenoxy) is 3. The zero-order chi connectivity index (χ0) is 25.8. The lowest BCUT2D eigenvalue weighted by molar-refractivity contribution is -0.121. The van der Waals surface area contributed by atoms with Crippen molar-refractivity contribution < 1.29 is 28.6 Å². The Hall–Kier alpha value is -4.33. The lowest BCUT2D eigenvalue weighted by Crippen LogP contribution is -2.23. The van der Waals surface area contributed by atoms with Gasteiger partial charge < -0.3 is 24.8 Å². The summed E-state index contributed by atoms with van der Waals surface area (Å²) in [5, 5.41) is 5.72. The maximum Gasteiger partial charge on any atom is 0.513 e. The van der Waals surface area contributed by atoms with Gasteiger partial charge in [-0.05, 0) is 73.9 Å². The van der Waals surface area contributed by atoms with Gasteiger partial charge in [-0.25, -0.2) is 4.79 Å². The Bertz CT molecular complexity index is 1180. The highest BCUT2D eigenvalue weighted by Crippen LogP contribution is 2.17. The Morgan fingerprint density at radius 2 is 1.69 bits per heavy atom. The van der Waals surface area contributed by atoms with Crippen LogP contribution in [0.3, 0.4) is 0 Å². The summed E-state index contributed by atoms with van der Waals surface area (Å²) in [4.78, 5) is 36.1. The molecule has 3 rings (SSSR count). The first-order valence-corrected chi connectivity index (χ1v) is 11.7. The molecule has 8 heteroatoms. The molecule has 0 radical (unpaired) electrons. The highest BCUT2D eigenvalue weighted by Gasteiger charge is 2.10. The smallest absolute Gasteiger partial charge is 0.493 e. The predicted octanol–water partition coefficient (Wildman–Crippen LogP) is 5.26. The SMILES string of the molecule is CCOC(=O)Oc1ccc(C(=O)Nc2cccc(CNC(=O)CCCOc3ccccc3C)c2)cc1. The minimum absolute atomic E-state index is 0.0667. The second-order valence-electron chi connectivity index (χ2n) is 7.96. The number of rotatable bonds is 11. The molecule has 0 aromatic heterocycles. The van der Waals surface area contributed by atoms with Crippen LogP contribution in [0.4, 0.5) is 10.5 Å². The zero-order valence-corrected chi connectivity index (χ0v) is 20.4. The van der Waals surface area contributed by atoms with E-state index in [2.05, 4.69) is 10.6 Å². The van der Waals surface area contributed by atoms with Gasteiger partial charge in [-0.15, -0.1) is 0 Å². The van der Waals surface area contributed by atoms with Gasteiger partial charge in [0.1, 0.15) is 11.5 Å². The Morgan fingerprint density at radius 3 is 2.44 bits per heavy atom. The van der Waals surface area contributed by atoms with E-state index >= 15 is 0 Å². The highest BCUT2D eigenvalue weighted by molar-refractivity contribution is 6.04. The summed E-state index contributed by atoms with van der Waals surface area (Å²) in [6.07, 6.45) is 0.173. The van der Waals surface area contributed by atoms with Gasteiger partial charge in [0, 0.05) is 24.2 Å². The molecule has 0 aliphatic rings. The van der Waals surface area contributed by atoms with Crippen molar-refractivity contribution in [3.8, 4) is 11.5 Å². The summed E-state index contributed by atoms with van der Waals surface area (Å²) in [6.45, 7) is 4.70. The number of carbonyl (C=O) groups excluding carboxylic acids is 3. The molecule has 0 atom stereocenters. The van der Waals surface area contributed by atoms with Gasteiger partial charge in [0.2, 0.25) is 5.91 Å². The van der Waals surface area contributed by atoms with E-state index in [9.17, 15) is 14.4 Å². The third kappa shape index (κ3) is 8.47. The first kappa shape index (κ1) is 26.3. The van der Waals surface area contributed by atoms with E-state index in [1.807, 2.05) is 43.3 Å². The summed E-state index contributed by atoms with van der Waals surface area (Å²) < 4.78 is 15.4. The van der Waals surface area contributed by atoms with Crippen molar-refractivity contribution in [2.75, 3.05) is 18.5 Å². The number of hydrogen-bond acceptors (Lipinski definition) is 6. The minimum Gasteiger partial charge on any atom is -0.493 e. The molecule has 0 saturated carbocycles. The average Bonchev–Trinajstić information content (AvgIpc) is 2.87. The fraction of sp³-hybridized carbons (Fsp3) is 0.250. The van der Waals surface area contributed by atoms with E-state index < -0.39 is 6.16 Å². The topological polar surface area (TPSA) is 103 Å². The number of benzene rings is 3. The standard InChI is InChI=1S/C28H30N2O6/c1-3-34-28(33)36-24-15-13-22(14-16-24)27(32)30-23-10-6-9-21(18-23)19-29-26(31)12-7-17-35-25-11-5-4-8-20(25)2/h4-6,8-11,13-16,18H,3,7,12,17,19H2,1-2H3,(H,29,31)(H,30,32). The number of anilines is 1. The quantitative estimate of drug-likeness (QED) is 0.216. The molecule has 0 aliphatic carbocycles. The Labute approximate surface area is 210 Å². The van der Waals surface area contributed by atoms with Crippen LogP contribution in [0.15, 0.2) is 72.8 Å². The van der Waals surface area contributed by atoms with Crippen LogP contribution in [0, 0.1) is 6.92 Å². The Kier molecular flexibility index (Phi) is 9.88. The number of hydrogen-bond donors (Lipinski definition) is 2. The minimum atomic E-state index is -0.797. The van der Waals surface area contributed by atoms with Crippen LogP contribution in [0.2, 0.25) is 0 Å². The maximum atomic E-state index is 12.6. The molecule has 0 aliphatic heterocycles. The van der Waals surface area contributed by atoms with Crippen LogP contribution < -0.4 is 20.1 Å². The number of nitrogens with one attached hydrogen (secondary N) is 2. The maximum absolute atomic E-state index is 12.6. The van der Waals surface area contributed by atoms with Gasteiger partial charge in [-0.3, -0.25) is 9.59 Å². The van der Waals surface area contributed by atoms with Crippen LogP contribution in [-0.4, -0.2) is 31.2 Å².